The van der Waals surface area contributed by atoms with Crippen LogP contribution in [0.25, 0.3) is 5.57 Å². The molecule has 0 N–H and O–H groups in total. The Balaban J connectivity index is 1.68. The number of aromatic nitrogens is 2. The summed E-state index contributed by atoms with van der Waals surface area (Å²) in [5, 5.41) is 12.2. The lowest BCUT2D eigenvalue weighted by atomic mass is 9.97. The van der Waals surface area contributed by atoms with Gasteiger partial charge in [0.25, 0.3) is 11.6 Å². The van der Waals surface area contributed by atoms with Crippen molar-refractivity contribution in [3.8, 4) is 11.5 Å². The average Bonchev–Trinajstić information content (AvgIpc) is 2.98. The Labute approximate surface area is 247 Å². The lowest BCUT2D eigenvalue weighted by molar-refractivity contribution is -0.385. The third-order valence-corrected chi connectivity index (χ3v) is 12.5. The summed E-state index contributed by atoms with van der Waals surface area (Å²) in [6.45, 7) is 11.6. The van der Waals surface area contributed by atoms with Crippen molar-refractivity contribution in [3.05, 3.63) is 94.1 Å². The lowest BCUT2D eigenvalue weighted by Crippen LogP contribution is -2.49. The highest BCUT2D eigenvalue weighted by atomic mass is 28.4. The molecule has 1 aliphatic rings. The van der Waals surface area contributed by atoms with Crippen LogP contribution in [0, 0.1) is 10.1 Å². The number of amides is 1. The SMILES string of the molecule is COc1cc(C(=O)N2CCC(c3cncnc3)=C[C@H]2CO[Si](C)(C)C(C)(C)C)c([N+](=O)[O-])cc1OCc1ccccc1. The number of hydrogen-bond acceptors (Lipinski definition) is 8. The van der Waals surface area contributed by atoms with E-state index in [0.717, 1.165) is 16.7 Å². The Bertz CT molecular complexity index is 1440. The molecule has 0 unspecified atom stereocenters. The molecule has 10 nitrogen and oxygen atoms in total. The fourth-order valence-electron chi connectivity index (χ4n) is 4.45. The fraction of sp³-hybridized carbons (Fsp3) is 0.387. The standard InChI is InChI=1S/C31H38N4O6Si/c1-31(2,3)42(5,6)41-20-25-14-23(24-17-32-21-33-18-24)12-13-34(25)30(36)26-15-28(39-4)29(16-27(26)35(37)38)40-19-22-10-8-7-9-11-22/h7-11,14-18,21,25H,12-13,19-20H2,1-6H3/t25-/m0/s1. The molecule has 3 aromatic rings. The fourth-order valence-corrected chi connectivity index (χ4v) is 5.47. The first-order valence-electron chi connectivity index (χ1n) is 13.9. The second-order valence-electron chi connectivity index (χ2n) is 11.8. The summed E-state index contributed by atoms with van der Waals surface area (Å²) in [5.41, 5.74) is 2.35. The van der Waals surface area contributed by atoms with Gasteiger partial charge in [0, 0.05) is 30.6 Å². The highest BCUT2D eigenvalue weighted by Crippen LogP contribution is 2.39. The molecule has 0 saturated carbocycles. The maximum Gasteiger partial charge on any atom is 0.286 e. The Kier molecular flexibility index (Phi) is 9.42. The van der Waals surface area contributed by atoms with Gasteiger partial charge < -0.3 is 18.8 Å². The van der Waals surface area contributed by atoms with E-state index >= 15 is 0 Å². The van der Waals surface area contributed by atoms with E-state index < -0.39 is 25.2 Å². The molecule has 1 aliphatic heterocycles. The van der Waals surface area contributed by atoms with Crippen molar-refractivity contribution >= 4 is 25.5 Å². The van der Waals surface area contributed by atoms with Gasteiger partial charge in [-0.3, -0.25) is 14.9 Å². The molecule has 0 fully saturated rings. The molecule has 11 heteroatoms. The summed E-state index contributed by atoms with van der Waals surface area (Å²) >= 11 is 0. The van der Waals surface area contributed by atoms with Crippen LogP contribution in [0.5, 0.6) is 11.5 Å². The zero-order valence-electron chi connectivity index (χ0n) is 25.0. The van der Waals surface area contributed by atoms with Crippen LogP contribution in [0.2, 0.25) is 18.1 Å². The molecule has 0 bridgehead atoms. The predicted molar refractivity (Wildman–Crippen MR) is 163 cm³/mol. The zero-order valence-corrected chi connectivity index (χ0v) is 26.0. The van der Waals surface area contributed by atoms with Crippen LogP contribution in [-0.4, -0.2) is 60.3 Å². The van der Waals surface area contributed by atoms with Gasteiger partial charge in [-0.25, -0.2) is 9.97 Å². The third kappa shape index (κ3) is 7.03. The van der Waals surface area contributed by atoms with Crippen molar-refractivity contribution in [2.75, 3.05) is 20.3 Å². The number of rotatable bonds is 10. The average molecular weight is 591 g/mol. The van der Waals surface area contributed by atoms with Crippen LogP contribution < -0.4 is 9.47 Å². The van der Waals surface area contributed by atoms with Crippen LogP contribution >= 0.6 is 0 Å². The molecule has 0 aliphatic carbocycles. The molecule has 2 heterocycles. The number of nitro groups is 1. The number of hydrogen-bond donors (Lipinski definition) is 0. The van der Waals surface area contributed by atoms with E-state index in [9.17, 15) is 14.9 Å². The zero-order chi connectivity index (χ0) is 30.5. The van der Waals surface area contributed by atoms with E-state index in [1.165, 1.54) is 25.6 Å². The maximum atomic E-state index is 14.1. The minimum Gasteiger partial charge on any atom is -0.493 e. The van der Waals surface area contributed by atoms with Crippen LogP contribution in [-0.2, 0) is 11.0 Å². The van der Waals surface area contributed by atoms with E-state index in [1.807, 2.05) is 36.4 Å². The Morgan fingerprint density at radius 3 is 2.43 bits per heavy atom. The minimum atomic E-state index is -2.16. The topological polar surface area (TPSA) is 117 Å². The molecule has 1 amide bonds. The van der Waals surface area contributed by atoms with E-state index in [0.29, 0.717) is 13.0 Å². The highest BCUT2D eigenvalue weighted by molar-refractivity contribution is 6.74. The van der Waals surface area contributed by atoms with Crippen molar-refractivity contribution in [2.45, 2.75) is 58.0 Å². The van der Waals surface area contributed by atoms with Crippen molar-refractivity contribution < 1.29 is 23.6 Å². The molecule has 222 valence electrons. The molecule has 1 aromatic heterocycles. The summed E-state index contributed by atoms with van der Waals surface area (Å²) in [4.78, 5) is 35.7. The molecule has 0 spiro atoms. The summed E-state index contributed by atoms with van der Waals surface area (Å²) in [7, 11) is -0.716. The van der Waals surface area contributed by atoms with E-state index in [1.54, 1.807) is 17.3 Å². The highest BCUT2D eigenvalue weighted by Gasteiger charge is 2.39. The van der Waals surface area contributed by atoms with Gasteiger partial charge in [-0.2, -0.15) is 0 Å². The monoisotopic (exact) mass is 590 g/mol. The number of benzene rings is 2. The van der Waals surface area contributed by atoms with E-state index in [2.05, 4.69) is 43.8 Å². The molecule has 1 atom stereocenters. The molecular formula is C31H38N4O6Si. The van der Waals surface area contributed by atoms with Crippen molar-refractivity contribution in [1.82, 2.24) is 14.9 Å². The molecule has 4 rings (SSSR count). The normalized spacial score (nSPS) is 15.6. The van der Waals surface area contributed by atoms with Gasteiger partial charge in [-0.1, -0.05) is 57.2 Å². The van der Waals surface area contributed by atoms with Crippen LogP contribution in [0.15, 0.2) is 67.3 Å². The Hall–Kier alpha value is -4.09. The first-order chi connectivity index (χ1) is 19.9. The molecule has 0 saturated heterocycles. The first-order valence-corrected chi connectivity index (χ1v) is 16.8. The van der Waals surface area contributed by atoms with Gasteiger partial charge in [-0.05, 0) is 35.7 Å². The number of nitrogens with zero attached hydrogens (tertiary/aromatic N) is 4. The van der Waals surface area contributed by atoms with Gasteiger partial charge in [0.05, 0.1) is 30.7 Å². The Morgan fingerprint density at radius 1 is 1.12 bits per heavy atom. The van der Waals surface area contributed by atoms with E-state index in [-0.39, 0.29) is 41.0 Å². The summed E-state index contributed by atoms with van der Waals surface area (Å²) in [6, 6.07) is 11.7. The number of methoxy groups -OCH3 is 1. The van der Waals surface area contributed by atoms with E-state index in [4.69, 9.17) is 13.9 Å². The second kappa shape index (κ2) is 12.8. The lowest BCUT2D eigenvalue weighted by Gasteiger charge is -2.40. The summed E-state index contributed by atoms with van der Waals surface area (Å²) in [5.74, 6) is -0.0472. The van der Waals surface area contributed by atoms with Crippen molar-refractivity contribution in [1.29, 1.82) is 0 Å². The maximum absolute atomic E-state index is 14.1. The third-order valence-electron chi connectivity index (χ3n) is 7.98. The largest absolute Gasteiger partial charge is 0.493 e. The number of carbonyl (C=O) groups excluding carboxylic acids is 1. The number of nitro benzene ring substituents is 1. The van der Waals surface area contributed by atoms with Crippen LogP contribution in [0.1, 0.15) is 48.7 Å². The first kappa shape index (κ1) is 30.9. The van der Waals surface area contributed by atoms with Crippen LogP contribution in [0.3, 0.4) is 0 Å². The Morgan fingerprint density at radius 2 is 1.81 bits per heavy atom. The summed E-state index contributed by atoms with van der Waals surface area (Å²) < 4.78 is 17.9. The molecule has 42 heavy (non-hydrogen) atoms. The smallest absolute Gasteiger partial charge is 0.286 e. The van der Waals surface area contributed by atoms with Gasteiger partial charge in [-0.15, -0.1) is 0 Å². The van der Waals surface area contributed by atoms with Crippen molar-refractivity contribution in [3.63, 3.8) is 0 Å². The molecule has 2 aromatic carbocycles. The van der Waals surface area contributed by atoms with Gasteiger partial charge in [0.15, 0.2) is 19.8 Å². The number of carbonyl (C=O) groups is 1. The molecular weight excluding hydrogens is 552 g/mol. The van der Waals surface area contributed by atoms with Crippen molar-refractivity contribution in [2.24, 2.45) is 0 Å². The minimum absolute atomic E-state index is 0.0297. The summed E-state index contributed by atoms with van der Waals surface area (Å²) in [6.07, 6.45) is 7.49. The number of ether oxygens (including phenoxy) is 2. The van der Waals surface area contributed by atoms with Crippen LogP contribution in [0.4, 0.5) is 5.69 Å². The predicted octanol–water partition coefficient (Wildman–Crippen LogP) is 6.29. The van der Waals surface area contributed by atoms with Gasteiger partial charge in [0.2, 0.25) is 0 Å². The molecule has 0 radical (unpaired) electrons. The quantitative estimate of drug-likeness (QED) is 0.154. The second-order valence-corrected chi connectivity index (χ2v) is 16.6. The van der Waals surface area contributed by atoms with Gasteiger partial charge >= 0.3 is 0 Å². The van der Waals surface area contributed by atoms with Gasteiger partial charge in [0.1, 0.15) is 18.5 Å².